The number of hydrogen-bond donors (Lipinski definition) is 2. The zero-order valence-corrected chi connectivity index (χ0v) is 15.6. The third kappa shape index (κ3) is 4.82. The molecule has 0 saturated heterocycles. The fourth-order valence-corrected chi connectivity index (χ4v) is 2.50. The summed E-state index contributed by atoms with van der Waals surface area (Å²) in [6.45, 7) is 4.64. The van der Waals surface area contributed by atoms with Crippen molar-refractivity contribution >= 4 is 17.4 Å². The van der Waals surface area contributed by atoms with E-state index in [9.17, 15) is 4.79 Å². The minimum absolute atomic E-state index is 0.267. The Labute approximate surface area is 158 Å². The molecule has 0 fully saturated rings. The molecule has 0 aliphatic carbocycles. The monoisotopic (exact) mass is 362 g/mol. The molecule has 138 valence electrons. The Bertz CT molecular complexity index is 922. The Morgan fingerprint density at radius 2 is 1.74 bits per heavy atom. The predicted octanol–water partition coefficient (Wildman–Crippen LogP) is 3.97. The molecule has 0 spiro atoms. The van der Waals surface area contributed by atoms with Crippen LogP contribution in [0.25, 0.3) is 0 Å². The number of rotatable bonds is 6. The zero-order chi connectivity index (χ0) is 19.2. The Morgan fingerprint density at radius 1 is 0.963 bits per heavy atom. The zero-order valence-electron chi connectivity index (χ0n) is 15.6. The van der Waals surface area contributed by atoms with Gasteiger partial charge in [-0.2, -0.15) is 0 Å². The van der Waals surface area contributed by atoms with Crippen LogP contribution in [0.15, 0.2) is 54.6 Å². The van der Waals surface area contributed by atoms with Crippen LogP contribution >= 0.6 is 0 Å². The first-order valence-corrected chi connectivity index (χ1v) is 8.64. The number of benzene rings is 2. The van der Waals surface area contributed by atoms with Crippen molar-refractivity contribution in [1.82, 2.24) is 10.2 Å². The number of nitrogens with one attached hydrogen (secondary N) is 2. The Morgan fingerprint density at radius 3 is 2.37 bits per heavy atom. The number of methoxy groups -OCH3 is 1. The third-order valence-corrected chi connectivity index (χ3v) is 4.29. The lowest BCUT2D eigenvalue weighted by Gasteiger charge is -2.08. The molecule has 3 aromatic rings. The first kappa shape index (κ1) is 18.4. The maximum absolute atomic E-state index is 12.3. The fourth-order valence-electron chi connectivity index (χ4n) is 2.50. The molecule has 1 amide bonds. The highest BCUT2D eigenvalue weighted by atomic mass is 16.5. The van der Waals surface area contributed by atoms with Crippen molar-refractivity contribution in [2.24, 2.45) is 0 Å². The lowest BCUT2D eigenvalue weighted by molar-refractivity contribution is 0.102. The lowest BCUT2D eigenvalue weighted by Crippen LogP contribution is -2.15. The normalized spacial score (nSPS) is 10.3. The van der Waals surface area contributed by atoms with Crippen molar-refractivity contribution in [2.75, 3.05) is 17.7 Å². The second-order valence-corrected chi connectivity index (χ2v) is 6.26. The Hall–Kier alpha value is -3.41. The van der Waals surface area contributed by atoms with Crippen LogP contribution in [-0.2, 0) is 6.54 Å². The van der Waals surface area contributed by atoms with Gasteiger partial charge in [0, 0.05) is 12.2 Å². The predicted molar refractivity (Wildman–Crippen MR) is 106 cm³/mol. The summed E-state index contributed by atoms with van der Waals surface area (Å²) in [6, 6.07) is 16.9. The van der Waals surface area contributed by atoms with Crippen molar-refractivity contribution in [2.45, 2.75) is 20.4 Å². The van der Waals surface area contributed by atoms with E-state index in [0.29, 0.717) is 12.4 Å². The number of nitrogens with zero attached hydrogens (tertiary/aromatic N) is 2. The summed E-state index contributed by atoms with van der Waals surface area (Å²) < 4.78 is 5.14. The molecular formula is C21H22N4O2. The molecular weight excluding hydrogens is 340 g/mol. The van der Waals surface area contributed by atoms with E-state index in [4.69, 9.17) is 4.74 Å². The van der Waals surface area contributed by atoms with E-state index in [2.05, 4.69) is 20.8 Å². The smallest absolute Gasteiger partial charge is 0.276 e. The van der Waals surface area contributed by atoms with Gasteiger partial charge in [0.1, 0.15) is 11.6 Å². The second-order valence-electron chi connectivity index (χ2n) is 6.26. The SMILES string of the molecule is COc1ccc(CNc2ccc(C(=O)Nc3ccc(C)c(C)c3)nn2)cc1. The number of ether oxygens (including phenoxy) is 1. The number of aromatic nitrogens is 2. The van der Waals surface area contributed by atoms with E-state index in [1.54, 1.807) is 19.2 Å². The summed E-state index contributed by atoms with van der Waals surface area (Å²) >= 11 is 0. The van der Waals surface area contributed by atoms with Crippen molar-refractivity contribution in [3.63, 3.8) is 0 Å². The van der Waals surface area contributed by atoms with Crippen LogP contribution in [0.1, 0.15) is 27.2 Å². The van der Waals surface area contributed by atoms with Crippen LogP contribution < -0.4 is 15.4 Å². The highest BCUT2D eigenvalue weighted by Gasteiger charge is 2.09. The number of carbonyl (C=O) groups is 1. The van der Waals surface area contributed by atoms with Gasteiger partial charge in [0.2, 0.25) is 0 Å². The van der Waals surface area contributed by atoms with Gasteiger partial charge in [-0.1, -0.05) is 18.2 Å². The van der Waals surface area contributed by atoms with Crippen LogP contribution in [0, 0.1) is 13.8 Å². The fraction of sp³-hybridized carbons (Fsp3) is 0.190. The third-order valence-electron chi connectivity index (χ3n) is 4.29. The molecule has 27 heavy (non-hydrogen) atoms. The van der Waals surface area contributed by atoms with Crippen LogP contribution in [-0.4, -0.2) is 23.2 Å². The van der Waals surface area contributed by atoms with Crippen molar-refractivity contribution in [1.29, 1.82) is 0 Å². The molecule has 2 aromatic carbocycles. The van der Waals surface area contributed by atoms with Crippen molar-refractivity contribution < 1.29 is 9.53 Å². The molecule has 0 aliphatic heterocycles. The number of aryl methyl sites for hydroxylation is 2. The number of carbonyl (C=O) groups excluding carboxylic acids is 1. The Balaban J connectivity index is 1.58. The first-order chi connectivity index (χ1) is 13.0. The first-order valence-electron chi connectivity index (χ1n) is 8.64. The van der Waals surface area contributed by atoms with Gasteiger partial charge >= 0.3 is 0 Å². The van der Waals surface area contributed by atoms with Gasteiger partial charge in [-0.05, 0) is 66.9 Å². The average molecular weight is 362 g/mol. The van der Waals surface area contributed by atoms with Gasteiger partial charge in [-0.25, -0.2) is 0 Å². The summed E-state index contributed by atoms with van der Waals surface area (Å²) in [7, 11) is 1.64. The second kappa shape index (κ2) is 8.31. The standard InChI is InChI=1S/C21H22N4O2/c1-14-4-7-17(12-15(14)2)23-21(26)19-10-11-20(25-24-19)22-13-16-5-8-18(27-3)9-6-16/h4-12H,13H2,1-3H3,(H,22,25)(H,23,26). The minimum atomic E-state index is -0.285. The van der Waals surface area contributed by atoms with Crippen LogP contribution in [0.4, 0.5) is 11.5 Å². The van der Waals surface area contributed by atoms with E-state index in [1.165, 1.54) is 5.56 Å². The van der Waals surface area contributed by atoms with Gasteiger partial charge in [0.25, 0.3) is 5.91 Å². The lowest BCUT2D eigenvalue weighted by atomic mass is 10.1. The summed E-state index contributed by atoms with van der Waals surface area (Å²) in [6.07, 6.45) is 0. The van der Waals surface area contributed by atoms with E-state index in [0.717, 1.165) is 22.6 Å². The van der Waals surface area contributed by atoms with Gasteiger partial charge in [0.05, 0.1) is 7.11 Å². The highest BCUT2D eigenvalue weighted by Crippen LogP contribution is 2.15. The van der Waals surface area contributed by atoms with Crippen molar-refractivity contribution in [3.8, 4) is 5.75 Å². The number of hydrogen-bond acceptors (Lipinski definition) is 5. The maximum Gasteiger partial charge on any atom is 0.276 e. The molecule has 0 aliphatic rings. The molecule has 1 aromatic heterocycles. The topological polar surface area (TPSA) is 76.1 Å². The average Bonchev–Trinajstić information content (AvgIpc) is 2.70. The van der Waals surface area contributed by atoms with E-state index in [-0.39, 0.29) is 11.6 Å². The Kier molecular flexibility index (Phi) is 5.66. The highest BCUT2D eigenvalue weighted by molar-refractivity contribution is 6.02. The van der Waals surface area contributed by atoms with Crippen LogP contribution in [0.2, 0.25) is 0 Å². The molecule has 3 rings (SSSR count). The largest absolute Gasteiger partial charge is 0.497 e. The number of amides is 1. The van der Waals surface area contributed by atoms with Crippen LogP contribution in [0.5, 0.6) is 5.75 Å². The minimum Gasteiger partial charge on any atom is -0.497 e. The summed E-state index contributed by atoms with van der Waals surface area (Å²) in [5.41, 5.74) is 4.40. The van der Waals surface area contributed by atoms with Gasteiger partial charge in [-0.15, -0.1) is 10.2 Å². The van der Waals surface area contributed by atoms with Gasteiger partial charge < -0.3 is 15.4 Å². The molecule has 0 radical (unpaired) electrons. The maximum atomic E-state index is 12.3. The van der Waals surface area contributed by atoms with E-state index >= 15 is 0 Å². The van der Waals surface area contributed by atoms with E-state index in [1.807, 2.05) is 56.3 Å². The molecule has 2 N–H and O–H groups in total. The molecule has 1 heterocycles. The molecule has 0 atom stereocenters. The van der Waals surface area contributed by atoms with Crippen LogP contribution in [0.3, 0.4) is 0 Å². The summed E-state index contributed by atoms with van der Waals surface area (Å²) in [5, 5.41) is 14.1. The summed E-state index contributed by atoms with van der Waals surface area (Å²) in [5.74, 6) is 1.14. The quantitative estimate of drug-likeness (QED) is 0.694. The molecule has 0 saturated carbocycles. The summed E-state index contributed by atoms with van der Waals surface area (Å²) in [4.78, 5) is 12.3. The molecule has 0 unspecified atom stereocenters. The number of anilines is 2. The molecule has 6 heteroatoms. The van der Waals surface area contributed by atoms with Crippen molar-refractivity contribution in [3.05, 3.63) is 77.0 Å². The molecule has 0 bridgehead atoms. The van der Waals surface area contributed by atoms with E-state index < -0.39 is 0 Å². The molecule has 6 nitrogen and oxygen atoms in total. The van der Waals surface area contributed by atoms with Gasteiger partial charge in [0.15, 0.2) is 5.69 Å². The van der Waals surface area contributed by atoms with Gasteiger partial charge in [-0.3, -0.25) is 4.79 Å².